The Morgan fingerprint density at radius 3 is 2.86 bits per heavy atom. The first-order valence-corrected chi connectivity index (χ1v) is 9.18. The number of anilines is 1. The van der Waals surface area contributed by atoms with E-state index in [1.165, 1.54) is 0 Å². The van der Waals surface area contributed by atoms with Crippen molar-refractivity contribution >= 4 is 28.1 Å². The molecule has 2 aromatic rings. The Bertz CT molecular complexity index is 658. The van der Waals surface area contributed by atoms with Crippen LogP contribution in [0.5, 0.6) is 0 Å². The minimum atomic E-state index is -0.931. The molecule has 0 bridgehead atoms. The number of rotatable bonds is 7. The second kappa shape index (κ2) is 7.74. The van der Waals surface area contributed by atoms with Gasteiger partial charge in [-0.15, -0.1) is 0 Å². The highest BCUT2D eigenvalue weighted by atomic mass is 35.5. The SMILES string of the molecule is CC(C)Cc1noc(CNc2ccc(Cl)c(C[S@@](C)=O)c2)n1. The van der Waals surface area contributed by atoms with Crippen LogP contribution in [-0.2, 0) is 29.5 Å². The molecule has 0 aliphatic carbocycles. The summed E-state index contributed by atoms with van der Waals surface area (Å²) in [5.74, 6) is 2.20. The molecule has 1 aromatic heterocycles. The second-order valence-corrected chi connectivity index (χ2v) is 7.42. The molecule has 22 heavy (non-hydrogen) atoms. The maximum Gasteiger partial charge on any atom is 0.245 e. The highest BCUT2D eigenvalue weighted by Crippen LogP contribution is 2.22. The zero-order valence-corrected chi connectivity index (χ0v) is 14.5. The van der Waals surface area contributed by atoms with Crippen molar-refractivity contribution in [3.05, 3.63) is 40.5 Å². The average molecular weight is 342 g/mol. The molecule has 1 atom stereocenters. The fraction of sp³-hybridized carbons (Fsp3) is 0.467. The summed E-state index contributed by atoms with van der Waals surface area (Å²) < 4.78 is 16.6. The Morgan fingerprint density at radius 1 is 1.41 bits per heavy atom. The van der Waals surface area contributed by atoms with E-state index in [0.29, 0.717) is 29.1 Å². The summed E-state index contributed by atoms with van der Waals surface area (Å²) in [5.41, 5.74) is 1.74. The molecular formula is C15H20ClN3O2S. The van der Waals surface area contributed by atoms with Gasteiger partial charge in [0.05, 0.1) is 6.54 Å². The average Bonchev–Trinajstić information content (AvgIpc) is 2.86. The third-order valence-corrected chi connectivity index (χ3v) is 4.04. The predicted octanol–water partition coefficient (Wildman–Crippen LogP) is 3.41. The van der Waals surface area contributed by atoms with E-state index in [-0.39, 0.29) is 0 Å². The summed E-state index contributed by atoms with van der Waals surface area (Å²) in [7, 11) is -0.931. The lowest BCUT2D eigenvalue weighted by atomic mass is 10.1. The smallest absolute Gasteiger partial charge is 0.245 e. The van der Waals surface area contributed by atoms with Crippen LogP contribution in [0.3, 0.4) is 0 Å². The molecule has 0 spiro atoms. The Kier molecular flexibility index (Phi) is 5.97. The first-order valence-electron chi connectivity index (χ1n) is 7.08. The molecule has 0 aliphatic rings. The molecule has 120 valence electrons. The fourth-order valence-electron chi connectivity index (χ4n) is 2.00. The fourth-order valence-corrected chi connectivity index (χ4v) is 2.94. The largest absolute Gasteiger partial charge is 0.376 e. The maximum absolute atomic E-state index is 11.3. The van der Waals surface area contributed by atoms with E-state index in [1.54, 1.807) is 12.3 Å². The van der Waals surface area contributed by atoms with Gasteiger partial charge < -0.3 is 9.84 Å². The van der Waals surface area contributed by atoms with E-state index in [0.717, 1.165) is 23.5 Å². The van der Waals surface area contributed by atoms with Crippen LogP contribution in [0.1, 0.15) is 31.1 Å². The normalized spacial score (nSPS) is 12.6. The minimum absolute atomic E-state index is 0.438. The van der Waals surface area contributed by atoms with Gasteiger partial charge >= 0.3 is 0 Å². The third-order valence-electron chi connectivity index (χ3n) is 2.95. The second-order valence-electron chi connectivity index (χ2n) is 5.58. The van der Waals surface area contributed by atoms with Crippen LogP contribution in [0.15, 0.2) is 22.7 Å². The van der Waals surface area contributed by atoms with Crippen molar-refractivity contribution in [1.82, 2.24) is 10.1 Å². The molecule has 7 heteroatoms. The summed E-state index contributed by atoms with van der Waals surface area (Å²) in [6, 6.07) is 5.56. The van der Waals surface area contributed by atoms with Gasteiger partial charge in [-0.2, -0.15) is 4.98 Å². The van der Waals surface area contributed by atoms with E-state index < -0.39 is 10.8 Å². The van der Waals surface area contributed by atoms with Gasteiger partial charge in [-0.3, -0.25) is 4.21 Å². The molecule has 0 unspecified atom stereocenters. The van der Waals surface area contributed by atoms with Crippen molar-refractivity contribution in [1.29, 1.82) is 0 Å². The Hall–Kier alpha value is -1.40. The third kappa shape index (κ3) is 5.10. The van der Waals surface area contributed by atoms with Crippen LogP contribution in [0, 0.1) is 5.92 Å². The maximum atomic E-state index is 11.3. The molecule has 1 aromatic carbocycles. The summed E-state index contributed by atoms with van der Waals surface area (Å²) in [5, 5.41) is 7.79. The number of hydrogen-bond acceptors (Lipinski definition) is 5. The molecule has 0 saturated heterocycles. The lowest BCUT2D eigenvalue weighted by molar-refractivity contribution is 0.375. The summed E-state index contributed by atoms with van der Waals surface area (Å²) in [4.78, 5) is 4.34. The van der Waals surface area contributed by atoms with E-state index in [2.05, 4.69) is 29.3 Å². The van der Waals surface area contributed by atoms with Gasteiger partial charge in [0.25, 0.3) is 0 Å². The van der Waals surface area contributed by atoms with Gasteiger partial charge in [0.15, 0.2) is 5.82 Å². The number of hydrogen-bond donors (Lipinski definition) is 1. The van der Waals surface area contributed by atoms with Crippen molar-refractivity contribution in [3.63, 3.8) is 0 Å². The number of aromatic nitrogens is 2. The van der Waals surface area contributed by atoms with E-state index >= 15 is 0 Å². The number of nitrogens with zero attached hydrogens (tertiary/aromatic N) is 2. The van der Waals surface area contributed by atoms with Gasteiger partial charge in [-0.1, -0.05) is 30.6 Å². The van der Waals surface area contributed by atoms with Gasteiger partial charge in [0.2, 0.25) is 5.89 Å². The van der Waals surface area contributed by atoms with E-state index in [1.807, 2.05) is 12.1 Å². The van der Waals surface area contributed by atoms with Crippen molar-refractivity contribution in [2.75, 3.05) is 11.6 Å². The molecule has 0 saturated carbocycles. The van der Waals surface area contributed by atoms with Crippen LogP contribution in [0.25, 0.3) is 0 Å². The van der Waals surface area contributed by atoms with Crippen LogP contribution < -0.4 is 5.32 Å². The first-order chi connectivity index (χ1) is 10.4. The van der Waals surface area contributed by atoms with Crippen LogP contribution in [0.2, 0.25) is 5.02 Å². The van der Waals surface area contributed by atoms with E-state index in [9.17, 15) is 4.21 Å². The van der Waals surface area contributed by atoms with Crippen LogP contribution in [-0.4, -0.2) is 20.6 Å². The molecular weight excluding hydrogens is 322 g/mol. The predicted molar refractivity (Wildman–Crippen MR) is 89.4 cm³/mol. The molecule has 1 heterocycles. The van der Waals surface area contributed by atoms with Gasteiger partial charge in [0, 0.05) is 39.9 Å². The Labute approximate surface area is 137 Å². The van der Waals surface area contributed by atoms with Gasteiger partial charge in [-0.05, 0) is 29.7 Å². The summed E-state index contributed by atoms with van der Waals surface area (Å²) >= 11 is 6.11. The molecule has 0 amide bonds. The van der Waals surface area contributed by atoms with Crippen LogP contribution >= 0.6 is 11.6 Å². The van der Waals surface area contributed by atoms with Crippen molar-refractivity contribution < 1.29 is 8.73 Å². The number of benzene rings is 1. The van der Waals surface area contributed by atoms with Crippen molar-refractivity contribution in [2.24, 2.45) is 5.92 Å². The number of nitrogens with one attached hydrogen (secondary N) is 1. The quantitative estimate of drug-likeness (QED) is 0.835. The highest BCUT2D eigenvalue weighted by molar-refractivity contribution is 7.83. The van der Waals surface area contributed by atoms with E-state index in [4.69, 9.17) is 16.1 Å². The minimum Gasteiger partial charge on any atom is -0.376 e. The van der Waals surface area contributed by atoms with Gasteiger partial charge in [-0.25, -0.2) is 0 Å². The lowest BCUT2D eigenvalue weighted by Crippen LogP contribution is -2.02. The lowest BCUT2D eigenvalue weighted by Gasteiger charge is -2.07. The van der Waals surface area contributed by atoms with Crippen molar-refractivity contribution in [2.45, 2.75) is 32.6 Å². The molecule has 0 aliphatic heterocycles. The van der Waals surface area contributed by atoms with Gasteiger partial charge in [0.1, 0.15) is 0 Å². The van der Waals surface area contributed by atoms with Crippen LogP contribution in [0.4, 0.5) is 5.69 Å². The number of halogens is 1. The highest BCUT2D eigenvalue weighted by Gasteiger charge is 2.09. The molecule has 2 rings (SSSR count). The van der Waals surface area contributed by atoms with Crippen molar-refractivity contribution in [3.8, 4) is 0 Å². The Morgan fingerprint density at radius 2 is 2.18 bits per heavy atom. The zero-order chi connectivity index (χ0) is 16.1. The molecule has 0 fully saturated rings. The Balaban J connectivity index is 1.99. The standard InChI is InChI=1S/C15H20ClN3O2S/c1-10(2)6-14-18-15(21-19-14)8-17-12-4-5-13(16)11(7-12)9-22(3)20/h4-5,7,10,17H,6,8-9H2,1-3H3/t22-/m1/s1. The topological polar surface area (TPSA) is 68.0 Å². The first kappa shape index (κ1) is 17.0. The molecule has 0 radical (unpaired) electrons. The summed E-state index contributed by atoms with van der Waals surface area (Å²) in [6.45, 7) is 4.67. The molecule has 5 nitrogen and oxygen atoms in total. The zero-order valence-electron chi connectivity index (χ0n) is 12.9. The monoisotopic (exact) mass is 341 g/mol. The molecule has 1 N–H and O–H groups in total. The summed E-state index contributed by atoms with van der Waals surface area (Å²) in [6.07, 6.45) is 2.46.